The molecule has 0 radical (unpaired) electrons. The molecule has 0 bridgehead atoms. The standard InChI is InChI=1S/C20H19FN2O/c21-18-7-2-1-6-15(18)17-12-22-19-9-8-14(10-16(17)19)20(24)23-11-13-4-3-5-13/h1-2,6-10,12-13,22H,3-5,11H2,(H,23,24). The zero-order valence-corrected chi connectivity index (χ0v) is 13.3. The van der Waals surface area contributed by atoms with Crippen molar-refractivity contribution < 1.29 is 9.18 Å². The number of hydrogen-bond donors (Lipinski definition) is 2. The van der Waals surface area contributed by atoms with Crippen molar-refractivity contribution in [3.8, 4) is 11.1 Å². The third kappa shape index (κ3) is 2.68. The topological polar surface area (TPSA) is 44.9 Å². The predicted molar refractivity (Wildman–Crippen MR) is 93.4 cm³/mol. The summed E-state index contributed by atoms with van der Waals surface area (Å²) < 4.78 is 14.1. The Morgan fingerprint density at radius 3 is 2.75 bits per heavy atom. The highest BCUT2D eigenvalue weighted by atomic mass is 19.1. The van der Waals surface area contributed by atoms with E-state index in [4.69, 9.17) is 0 Å². The second-order valence-electron chi connectivity index (χ2n) is 6.45. The maximum Gasteiger partial charge on any atom is 0.251 e. The molecule has 122 valence electrons. The van der Waals surface area contributed by atoms with Gasteiger partial charge in [0, 0.05) is 40.3 Å². The van der Waals surface area contributed by atoms with Gasteiger partial charge in [0.25, 0.3) is 5.91 Å². The highest BCUT2D eigenvalue weighted by Crippen LogP contribution is 2.31. The summed E-state index contributed by atoms with van der Waals surface area (Å²) in [5.74, 6) is 0.293. The molecule has 1 aliphatic rings. The van der Waals surface area contributed by atoms with Crippen LogP contribution in [0.5, 0.6) is 0 Å². The summed E-state index contributed by atoms with van der Waals surface area (Å²) in [5, 5.41) is 3.86. The van der Waals surface area contributed by atoms with Crippen molar-refractivity contribution >= 4 is 16.8 Å². The number of H-pyrrole nitrogens is 1. The van der Waals surface area contributed by atoms with E-state index in [9.17, 15) is 9.18 Å². The zero-order valence-electron chi connectivity index (χ0n) is 13.3. The second kappa shape index (κ2) is 6.11. The summed E-state index contributed by atoms with van der Waals surface area (Å²) in [7, 11) is 0. The van der Waals surface area contributed by atoms with Crippen LogP contribution in [0, 0.1) is 11.7 Å². The zero-order chi connectivity index (χ0) is 16.5. The van der Waals surface area contributed by atoms with Gasteiger partial charge >= 0.3 is 0 Å². The number of aromatic nitrogens is 1. The fourth-order valence-corrected chi connectivity index (χ4v) is 3.20. The first-order valence-electron chi connectivity index (χ1n) is 8.36. The fourth-order valence-electron chi connectivity index (χ4n) is 3.20. The highest BCUT2D eigenvalue weighted by Gasteiger charge is 2.19. The van der Waals surface area contributed by atoms with Gasteiger partial charge in [0.2, 0.25) is 0 Å². The Morgan fingerprint density at radius 2 is 2.00 bits per heavy atom. The van der Waals surface area contributed by atoms with Gasteiger partial charge in [0.1, 0.15) is 5.82 Å². The Labute approximate surface area is 139 Å². The average Bonchev–Trinajstić information content (AvgIpc) is 2.96. The van der Waals surface area contributed by atoms with E-state index in [1.807, 2.05) is 18.2 Å². The van der Waals surface area contributed by atoms with Crippen LogP contribution in [0.4, 0.5) is 4.39 Å². The molecular weight excluding hydrogens is 303 g/mol. The lowest BCUT2D eigenvalue weighted by molar-refractivity contribution is 0.0939. The van der Waals surface area contributed by atoms with Crippen molar-refractivity contribution in [3.05, 3.63) is 60.0 Å². The number of benzene rings is 2. The smallest absolute Gasteiger partial charge is 0.251 e. The molecule has 1 aromatic heterocycles. The quantitative estimate of drug-likeness (QED) is 0.729. The van der Waals surface area contributed by atoms with Crippen molar-refractivity contribution in [1.29, 1.82) is 0 Å². The van der Waals surface area contributed by atoms with E-state index in [2.05, 4.69) is 10.3 Å². The van der Waals surface area contributed by atoms with Crippen LogP contribution in [0.2, 0.25) is 0 Å². The number of fused-ring (bicyclic) bond motifs is 1. The van der Waals surface area contributed by atoms with Gasteiger partial charge in [-0.25, -0.2) is 4.39 Å². The molecule has 3 aromatic rings. The molecule has 1 fully saturated rings. The molecule has 24 heavy (non-hydrogen) atoms. The molecule has 0 saturated heterocycles. The Bertz CT molecular complexity index is 896. The Hall–Kier alpha value is -2.62. The average molecular weight is 322 g/mol. The van der Waals surface area contributed by atoms with Gasteiger partial charge in [0.05, 0.1) is 0 Å². The van der Waals surface area contributed by atoms with E-state index < -0.39 is 0 Å². The van der Waals surface area contributed by atoms with Crippen molar-refractivity contribution in [3.63, 3.8) is 0 Å². The summed E-state index contributed by atoms with van der Waals surface area (Å²) in [6, 6.07) is 12.2. The van der Waals surface area contributed by atoms with E-state index in [-0.39, 0.29) is 11.7 Å². The van der Waals surface area contributed by atoms with Crippen molar-refractivity contribution in [2.45, 2.75) is 19.3 Å². The molecule has 1 saturated carbocycles. The van der Waals surface area contributed by atoms with Gasteiger partial charge in [-0.1, -0.05) is 24.6 Å². The first kappa shape index (κ1) is 14.9. The summed E-state index contributed by atoms with van der Waals surface area (Å²) >= 11 is 0. The van der Waals surface area contributed by atoms with E-state index in [1.54, 1.807) is 24.4 Å². The molecule has 3 nitrogen and oxygen atoms in total. The van der Waals surface area contributed by atoms with Crippen molar-refractivity contribution in [2.24, 2.45) is 5.92 Å². The van der Waals surface area contributed by atoms with Crippen LogP contribution in [-0.2, 0) is 0 Å². The molecule has 4 heteroatoms. The minimum absolute atomic E-state index is 0.0653. The van der Waals surface area contributed by atoms with Gasteiger partial charge in [0.15, 0.2) is 0 Å². The fraction of sp³-hybridized carbons (Fsp3) is 0.250. The SMILES string of the molecule is O=C(NCC1CCC1)c1ccc2[nH]cc(-c3ccccc3F)c2c1. The summed E-state index contributed by atoms with van der Waals surface area (Å²) in [6.45, 7) is 0.740. The Balaban J connectivity index is 1.65. The molecule has 2 aromatic carbocycles. The van der Waals surface area contributed by atoms with E-state index >= 15 is 0 Å². The Kier molecular flexibility index (Phi) is 3.81. The number of carbonyl (C=O) groups is 1. The summed E-state index contributed by atoms with van der Waals surface area (Å²) in [6.07, 6.45) is 5.46. The third-order valence-corrected chi connectivity index (χ3v) is 4.88. The van der Waals surface area contributed by atoms with E-state index in [0.717, 1.165) is 23.0 Å². The second-order valence-corrected chi connectivity index (χ2v) is 6.45. The van der Waals surface area contributed by atoms with Crippen molar-refractivity contribution in [1.82, 2.24) is 10.3 Å². The van der Waals surface area contributed by atoms with Crippen LogP contribution in [0.15, 0.2) is 48.7 Å². The summed E-state index contributed by atoms with van der Waals surface area (Å²) in [4.78, 5) is 15.5. The molecule has 4 rings (SSSR count). The first-order chi connectivity index (χ1) is 11.7. The molecule has 0 atom stereocenters. The molecule has 1 heterocycles. The van der Waals surface area contributed by atoms with Crippen LogP contribution in [0.1, 0.15) is 29.6 Å². The number of aromatic amines is 1. The summed E-state index contributed by atoms with van der Waals surface area (Å²) in [5.41, 5.74) is 2.82. The van der Waals surface area contributed by atoms with Crippen LogP contribution >= 0.6 is 0 Å². The first-order valence-corrected chi connectivity index (χ1v) is 8.36. The van der Waals surface area contributed by atoms with Crippen LogP contribution in [0.3, 0.4) is 0 Å². The van der Waals surface area contributed by atoms with Crippen molar-refractivity contribution in [2.75, 3.05) is 6.54 Å². The van der Waals surface area contributed by atoms with Gasteiger partial charge in [-0.3, -0.25) is 4.79 Å². The largest absolute Gasteiger partial charge is 0.361 e. The van der Waals surface area contributed by atoms with Gasteiger partial charge in [-0.2, -0.15) is 0 Å². The lowest BCUT2D eigenvalue weighted by Gasteiger charge is -2.25. The number of carbonyl (C=O) groups excluding carboxylic acids is 1. The van der Waals surface area contributed by atoms with Crippen LogP contribution < -0.4 is 5.32 Å². The normalized spacial score (nSPS) is 14.5. The number of rotatable bonds is 4. The number of hydrogen-bond acceptors (Lipinski definition) is 1. The molecule has 0 aliphatic heterocycles. The lowest BCUT2D eigenvalue weighted by Crippen LogP contribution is -2.32. The van der Waals surface area contributed by atoms with Crippen LogP contribution in [0.25, 0.3) is 22.0 Å². The predicted octanol–water partition coefficient (Wildman–Crippen LogP) is 4.50. The maximum atomic E-state index is 14.1. The van der Waals surface area contributed by atoms with E-state index in [0.29, 0.717) is 17.0 Å². The molecule has 2 N–H and O–H groups in total. The molecule has 0 spiro atoms. The van der Waals surface area contributed by atoms with Gasteiger partial charge < -0.3 is 10.3 Å². The molecular formula is C20H19FN2O. The lowest BCUT2D eigenvalue weighted by atomic mass is 9.85. The highest BCUT2D eigenvalue weighted by molar-refractivity contribution is 6.02. The molecule has 0 unspecified atom stereocenters. The number of halogens is 1. The molecule has 1 amide bonds. The number of nitrogens with one attached hydrogen (secondary N) is 2. The van der Waals surface area contributed by atoms with E-state index in [1.165, 1.54) is 25.3 Å². The van der Waals surface area contributed by atoms with Crippen LogP contribution in [-0.4, -0.2) is 17.4 Å². The Morgan fingerprint density at radius 1 is 1.17 bits per heavy atom. The minimum atomic E-state index is -0.266. The molecule has 1 aliphatic carbocycles. The van der Waals surface area contributed by atoms with Gasteiger partial charge in [-0.15, -0.1) is 0 Å². The number of amides is 1. The maximum absolute atomic E-state index is 14.1. The third-order valence-electron chi connectivity index (χ3n) is 4.88. The van der Waals surface area contributed by atoms with Gasteiger partial charge in [-0.05, 0) is 43.0 Å². The monoisotopic (exact) mass is 322 g/mol. The minimum Gasteiger partial charge on any atom is -0.361 e.